The van der Waals surface area contributed by atoms with Crippen LogP contribution in [-0.4, -0.2) is 57.7 Å². The number of carbonyl (C=O) groups is 2. The molecule has 1 aromatic heterocycles. The molecule has 2 N–H and O–H groups in total. The third-order valence-corrected chi connectivity index (χ3v) is 7.64. The molecule has 1 aliphatic rings. The zero-order valence-electron chi connectivity index (χ0n) is 23.5. The summed E-state index contributed by atoms with van der Waals surface area (Å²) in [5.74, 6) is 0.718. The highest BCUT2D eigenvalue weighted by Crippen LogP contribution is 2.25. The first-order valence-corrected chi connectivity index (χ1v) is 14.2. The Bertz CT molecular complexity index is 1580. The van der Waals surface area contributed by atoms with Gasteiger partial charge in [-0.05, 0) is 61.9 Å². The van der Waals surface area contributed by atoms with Gasteiger partial charge in [-0.15, -0.1) is 0 Å². The summed E-state index contributed by atoms with van der Waals surface area (Å²) in [5.41, 5.74) is 2.17. The fourth-order valence-electron chi connectivity index (χ4n) is 5.35. The number of rotatable bonds is 8. The van der Waals surface area contributed by atoms with Gasteiger partial charge in [-0.3, -0.25) is 9.59 Å². The van der Waals surface area contributed by atoms with E-state index in [-0.39, 0.29) is 30.0 Å². The molecule has 0 bridgehead atoms. The highest BCUT2D eigenvalue weighted by Gasteiger charge is 2.29. The van der Waals surface area contributed by atoms with Gasteiger partial charge in [0, 0.05) is 54.9 Å². The maximum atomic E-state index is 13.0. The Morgan fingerprint density at radius 1 is 0.927 bits per heavy atom. The molecule has 3 aromatic carbocycles. The second-order valence-electron chi connectivity index (χ2n) is 10.3. The molecule has 0 radical (unpaired) electrons. The molecule has 4 aromatic rings. The molecule has 0 unspecified atom stereocenters. The monoisotopic (exact) mass is 552 g/mol. The summed E-state index contributed by atoms with van der Waals surface area (Å²) in [6.07, 6.45) is 1.33. The van der Waals surface area contributed by atoms with E-state index in [1.165, 1.54) is 10.7 Å². The van der Waals surface area contributed by atoms with Crippen LogP contribution in [0.15, 0.2) is 83.7 Å². The number of amides is 3. The zero-order valence-corrected chi connectivity index (χ0v) is 23.5. The number of anilines is 3. The van der Waals surface area contributed by atoms with Crippen molar-refractivity contribution >= 4 is 39.9 Å². The highest BCUT2D eigenvalue weighted by atomic mass is 16.2. The normalized spacial score (nSPS) is 13.7. The number of urea groups is 1. The summed E-state index contributed by atoms with van der Waals surface area (Å²) in [7, 11) is 0. The Morgan fingerprint density at radius 2 is 1.66 bits per heavy atom. The molecule has 0 saturated carbocycles. The van der Waals surface area contributed by atoms with E-state index in [0.29, 0.717) is 50.5 Å². The van der Waals surface area contributed by atoms with Gasteiger partial charge < -0.3 is 20.4 Å². The Morgan fingerprint density at radius 3 is 2.44 bits per heavy atom. The number of nitrogens with one attached hydrogen (secondary N) is 2. The molecule has 212 valence electrons. The van der Waals surface area contributed by atoms with E-state index in [1.54, 1.807) is 11.0 Å². The summed E-state index contributed by atoms with van der Waals surface area (Å²) in [4.78, 5) is 41.9. The van der Waals surface area contributed by atoms with Crippen LogP contribution in [0.2, 0.25) is 0 Å². The fourth-order valence-corrected chi connectivity index (χ4v) is 5.35. The lowest BCUT2D eigenvalue weighted by molar-refractivity contribution is -0.136. The van der Waals surface area contributed by atoms with E-state index >= 15 is 0 Å². The van der Waals surface area contributed by atoms with Crippen LogP contribution in [0.1, 0.15) is 32.3 Å². The number of likely N-dealkylation sites (tertiary alicyclic amines) is 1. The van der Waals surface area contributed by atoms with E-state index in [0.717, 1.165) is 22.0 Å². The van der Waals surface area contributed by atoms with Crippen molar-refractivity contribution in [3.05, 3.63) is 94.8 Å². The molecular formula is C32H36N6O3. The van der Waals surface area contributed by atoms with Gasteiger partial charge >= 0.3 is 6.03 Å². The first-order valence-electron chi connectivity index (χ1n) is 14.2. The third-order valence-electron chi connectivity index (χ3n) is 7.64. The van der Waals surface area contributed by atoms with Crippen molar-refractivity contribution in [2.45, 2.75) is 33.2 Å². The number of piperidine rings is 1. The predicted molar refractivity (Wildman–Crippen MR) is 163 cm³/mol. The molecule has 9 heteroatoms. The molecule has 41 heavy (non-hydrogen) atoms. The van der Waals surface area contributed by atoms with E-state index < -0.39 is 0 Å². The summed E-state index contributed by atoms with van der Waals surface area (Å²) in [5, 5.41) is 13.0. The smallest absolute Gasteiger partial charge is 0.321 e. The minimum Gasteiger partial charge on any atom is -0.343 e. The fraction of sp³-hybridized carbons (Fsp3) is 0.312. The Hall–Kier alpha value is -4.66. The molecule has 5 rings (SSSR count). The van der Waals surface area contributed by atoms with E-state index in [4.69, 9.17) is 0 Å². The van der Waals surface area contributed by atoms with Crippen molar-refractivity contribution in [3.8, 4) is 0 Å². The number of aromatic nitrogens is 2. The first kappa shape index (κ1) is 27.9. The maximum Gasteiger partial charge on any atom is 0.321 e. The van der Waals surface area contributed by atoms with Crippen LogP contribution in [0.25, 0.3) is 10.8 Å². The van der Waals surface area contributed by atoms with Crippen LogP contribution in [-0.2, 0) is 11.3 Å². The van der Waals surface area contributed by atoms with Crippen molar-refractivity contribution in [2.24, 2.45) is 5.92 Å². The number of benzene rings is 3. The van der Waals surface area contributed by atoms with Gasteiger partial charge in [-0.1, -0.05) is 48.5 Å². The standard InChI is InChI=1S/C32H36N6O3/c1-3-36(4-2)31(40)25-17-19-37(20-18-25)32(41)33-26-12-7-9-23(21-26)22-38-30(39)16-15-29(35-38)34-28-14-8-11-24-10-5-6-13-27(24)28/h5-16,21,25H,3-4,17-20,22H2,1-2H3,(H,33,41)(H,34,35). The number of hydrogen-bond donors (Lipinski definition) is 2. The minimum atomic E-state index is -0.218. The summed E-state index contributed by atoms with van der Waals surface area (Å²) in [6, 6.07) is 24.5. The molecule has 9 nitrogen and oxygen atoms in total. The zero-order chi connectivity index (χ0) is 28.8. The van der Waals surface area contributed by atoms with Gasteiger partial charge in [-0.25, -0.2) is 9.48 Å². The Kier molecular flexibility index (Phi) is 8.62. The molecule has 0 aliphatic carbocycles. The van der Waals surface area contributed by atoms with E-state index in [1.807, 2.05) is 73.3 Å². The molecule has 0 atom stereocenters. The minimum absolute atomic E-state index is 0.0287. The number of hydrogen-bond acceptors (Lipinski definition) is 5. The lowest BCUT2D eigenvalue weighted by Gasteiger charge is -2.33. The van der Waals surface area contributed by atoms with Crippen molar-refractivity contribution < 1.29 is 9.59 Å². The number of fused-ring (bicyclic) bond motifs is 1. The van der Waals surface area contributed by atoms with Crippen LogP contribution in [0, 0.1) is 5.92 Å². The molecule has 1 fully saturated rings. The Labute approximate surface area is 239 Å². The van der Waals surface area contributed by atoms with Gasteiger partial charge in [0.2, 0.25) is 5.91 Å². The molecule has 3 amide bonds. The van der Waals surface area contributed by atoms with Gasteiger partial charge in [0.05, 0.1) is 6.54 Å². The van der Waals surface area contributed by atoms with Crippen LogP contribution in [0.4, 0.5) is 22.0 Å². The molecule has 2 heterocycles. The van der Waals surface area contributed by atoms with Crippen LogP contribution in [0.3, 0.4) is 0 Å². The van der Waals surface area contributed by atoms with Crippen molar-refractivity contribution in [3.63, 3.8) is 0 Å². The molecule has 1 saturated heterocycles. The van der Waals surface area contributed by atoms with Crippen molar-refractivity contribution in [2.75, 3.05) is 36.8 Å². The predicted octanol–water partition coefficient (Wildman–Crippen LogP) is 5.30. The summed E-state index contributed by atoms with van der Waals surface area (Å²) < 4.78 is 1.41. The molecular weight excluding hydrogens is 516 g/mol. The second kappa shape index (κ2) is 12.7. The van der Waals surface area contributed by atoms with Crippen LogP contribution >= 0.6 is 0 Å². The quantitative estimate of drug-likeness (QED) is 0.309. The van der Waals surface area contributed by atoms with Gasteiger partial charge in [0.25, 0.3) is 5.56 Å². The topological polar surface area (TPSA) is 99.6 Å². The van der Waals surface area contributed by atoms with E-state index in [9.17, 15) is 14.4 Å². The summed E-state index contributed by atoms with van der Waals surface area (Å²) in [6.45, 7) is 6.73. The summed E-state index contributed by atoms with van der Waals surface area (Å²) >= 11 is 0. The number of carbonyl (C=O) groups excluding carboxylic acids is 2. The Balaban J connectivity index is 1.22. The maximum absolute atomic E-state index is 13.0. The van der Waals surface area contributed by atoms with Crippen LogP contribution in [0.5, 0.6) is 0 Å². The van der Waals surface area contributed by atoms with Gasteiger partial charge in [0.15, 0.2) is 5.82 Å². The lowest BCUT2D eigenvalue weighted by atomic mass is 9.95. The second-order valence-corrected chi connectivity index (χ2v) is 10.3. The van der Waals surface area contributed by atoms with Gasteiger partial charge in [0.1, 0.15) is 0 Å². The molecule has 1 aliphatic heterocycles. The lowest BCUT2D eigenvalue weighted by Crippen LogP contribution is -2.45. The average molecular weight is 553 g/mol. The van der Waals surface area contributed by atoms with Crippen LogP contribution < -0.4 is 16.2 Å². The SMILES string of the molecule is CCN(CC)C(=O)C1CCN(C(=O)Nc2cccc(Cn3nc(Nc4cccc5ccccc45)ccc3=O)c2)CC1. The number of nitrogens with zero attached hydrogens (tertiary/aromatic N) is 4. The van der Waals surface area contributed by atoms with Crippen molar-refractivity contribution in [1.82, 2.24) is 19.6 Å². The highest BCUT2D eigenvalue weighted by molar-refractivity contribution is 5.95. The average Bonchev–Trinajstić information content (AvgIpc) is 3.00. The van der Waals surface area contributed by atoms with Gasteiger partial charge in [-0.2, -0.15) is 5.10 Å². The third kappa shape index (κ3) is 6.57. The molecule has 0 spiro atoms. The van der Waals surface area contributed by atoms with E-state index in [2.05, 4.69) is 27.9 Å². The van der Waals surface area contributed by atoms with Crippen molar-refractivity contribution in [1.29, 1.82) is 0 Å². The first-order chi connectivity index (χ1) is 19.9. The largest absolute Gasteiger partial charge is 0.343 e.